The monoisotopic (exact) mass is 285 g/mol. The van der Waals surface area contributed by atoms with Crippen molar-refractivity contribution in [3.63, 3.8) is 0 Å². The summed E-state index contributed by atoms with van der Waals surface area (Å²) in [7, 11) is 0. The van der Waals surface area contributed by atoms with Crippen molar-refractivity contribution in [2.75, 3.05) is 6.54 Å². The Morgan fingerprint density at radius 1 is 1.29 bits per heavy atom. The quantitative estimate of drug-likeness (QED) is 0.838. The fourth-order valence-corrected chi connectivity index (χ4v) is 3.36. The van der Waals surface area contributed by atoms with E-state index < -0.39 is 5.60 Å². The molecule has 112 valence electrons. The van der Waals surface area contributed by atoms with E-state index in [-0.39, 0.29) is 11.8 Å². The highest BCUT2D eigenvalue weighted by molar-refractivity contribution is 5.79. The first-order valence-electron chi connectivity index (χ1n) is 7.88. The second-order valence-corrected chi connectivity index (χ2v) is 6.37. The lowest BCUT2D eigenvalue weighted by Crippen LogP contribution is -2.48. The fraction of sp³-hybridized carbons (Fsp3) is 0.500. The molecule has 0 saturated carbocycles. The highest BCUT2D eigenvalue weighted by Gasteiger charge is 2.33. The molecule has 0 unspecified atom stereocenters. The number of carbonyl (C=O) groups excluding carboxylic acids is 1. The van der Waals surface area contributed by atoms with Crippen molar-refractivity contribution in [1.82, 2.24) is 5.32 Å². The molecule has 1 aromatic carbocycles. The van der Waals surface area contributed by atoms with Crippen LogP contribution in [0.25, 0.3) is 0 Å². The van der Waals surface area contributed by atoms with E-state index in [0.717, 1.165) is 32.1 Å². The zero-order chi connectivity index (χ0) is 14.7. The Kier molecular flexibility index (Phi) is 4.11. The standard InChI is InChI=1S/C18H23NO2/c20-17(15-7-2-1-3-8-15)19-13-18(21)11-10-14-6-4-5-9-16(14)12-18/h1-2,4-6,9,15,21H,3,7-8,10-13H2,(H,19,20)/t15-,18+/m1/s1. The van der Waals surface area contributed by atoms with Crippen molar-refractivity contribution in [3.05, 3.63) is 47.5 Å². The summed E-state index contributed by atoms with van der Waals surface area (Å²) >= 11 is 0. The van der Waals surface area contributed by atoms with Gasteiger partial charge in [0.25, 0.3) is 0 Å². The van der Waals surface area contributed by atoms with E-state index in [1.807, 2.05) is 12.1 Å². The van der Waals surface area contributed by atoms with Crippen LogP contribution in [0.2, 0.25) is 0 Å². The molecule has 0 aromatic heterocycles. The van der Waals surface area contributed by atoms with Crippen molar-refractivity contribution in [3.8, 4) is 0 Å². The molecule has 1 amide bonds. The van der Waals surface area contributed by atoms with Crippen LogP contribution < -0.4 is 5.32 Å². The summed E-state index contributed by atoms with van der Waals surface area (Å²) in [5.74, 6) is 0.168. The molecule has 21 heavy (non-hydrogen) atoms. The number of nitrogens with one attached hydrogen (secondary N) is 1. The number of aliphatic hydroxyl groups is 1. The van der Waals surface area contributed by atoms with Crippen LogP contribution in [0.1, 0.15) is 36.8 Å². The van der Waals surface area contributed by atoms with Crippen LogP contribution in [0.3, 0.4) is 0 Å². The molecule has 0 bridgehead atoms. The van der Waals surface area contributed by atoms with Gasteiger partial charge in [0, 0.05) is 18.9 Å². The minimum absolute atomic E-state index is 0.0782. The Hall–Kier alpha value is -1.61. The maximum atomic E-state index is 12.2. The van der Waals surface area contributed by atoms with Gasteiger partial charge in [-0.3, -0.25) is 4.79 Å². The normalized spacial score (nSPS) is 28.0. The van der Waals surface area contributed by atoms with Gasteiger partial charge in [-0.1, -0.05) is 36.4 Å². The van der Waals surface area contributed by atoms with Crippen LogP contribution in [0, 0.1) is 5.92 Å². The van der Waals surface area contributed by atoms with E-state index in [2.05, 4.69) is 29.6 Å². The summed E-state index contributed by atoms with van der Waals surface area (Å²) in [6, 6.07) is 8.26. The summed E-state index contributed by atoms with van der Waals surface area (Å²) in [5, 5.41) is 13.7. The molecule has 2 N–H and O–H groups in total. The van der Waals surface area contributed by atoms with Gasteiger partial charge < -0.3 is 10.4 Å². The van der Waals surface area contributed by atoms with E-state index in [9.17, 15) is 9.90 Å². The maximum absolute atomic E-state index is 12.2. The average molecular weight is 285 g/mol. The van der Waals surface area contributed by atoms with Gasteiger partial charge in [0.2, 0.25) is 5.91 Å². The highest BCUT2D eigenvalue weighted by Crippen LogP contribution is 2.28. The Morgan fingerprint density at radius 3 is 2.86 bits per heavy atom. The Morgan fingerprint density at radius 2 is 2.10 bits per heavy atom. The van der Waals surface area contributed by atoms with Gasteiger partial charge in [0.05, 0.1) is 5.60 Å². The molecular weight excluding hydrogens is 262 g/mol. The molecule has 2 aliphatic rings. The summed E-state index contributed by atoms with van der Waals surface area (Å²) in [4.78, 5) is 12.2. The lowest BCUT2D eigenvalue weighted by molar-refractivity contribution is -0.126. The van der Waals surface area contributed by atoms with Crippen LogP contribution in [0.4, 0.5) is 0 Å². The zero-order valence-corrected chi connectivity index (χ0v) is 12.3. The molecule has 0 saturated heterocycles. The van der Waals surface area contributed by atoms with Crippen molar-refractivity contribution in [1.29, 1.82) is 0 Å². The molecule has 2 atom stereocenters. The molecule has 0 aliphatic heterocycles. The van der Waals surface area contributed by atoms with Crippen LogP contribution in [0.15, 0.2) is 36.4 Å². The van der Waals surface area contributed by atoms with Gasteiger partial charge in [-0.15, -0.1) is 0 Å². The van der Waals surface area contributed by atoms with Gasteiger partial charge in [0.15, 0.2) is 0 Å². The number of aryl methyl sites for hydroxylation is 1. The van der Waals surface area contributed by atoms with Crippen LogP contribution >= 0.6 is 0 Å². The molecular formula is C18H23NO2. The third-order valence-electron chi connectivity index (χ3n) is 4.73. The number of carbonyl (C=O) groups is 1. The van der Waals surface area contributed by atoms with Gasteiger partial charge in [-0.05, 0) is 43.2 Å². The largest absolute Gasteiger partial charge is 0.388 e. The minimum atomic E-state index is -0.797. The Balaban J connectivity index is 1.58. The second kappa shape index (κ2) is 6.02. The minimum Gasteiger partial charge on any atom is -0.388 e. The molecule has 3 nitrogen and oxygen atoms in total. The first-order chi connectivity index (χ1) is 10.2. The Bertz CT molecular complexity index is 552. The predicted octanol–water partition coefficient (Wildman–Crippen LogP) is 2.38. The molecule has 3 heteroatoms. The van der Waals surface area contributed by atoms with E-state index in [4.69, 9.17) is 0 Å². The van der Waals surface area contributed by atoms with Crippen LogP contribution in [-0.4, -0.2) is 23.2 Å². The molecule has 0 spiro atoms. The van der Waals surface area contributed by atoms with Gasteiger partial charge in [-0.2, -0.15) is 0 Å². The van der Waals surface area contributed by atoms with Crippen molar-refractivity contribution in [2.24, 2.45) is 5.92 Å². The van der Waals surface area contributed by atoms with E-state index in [0.29, 0.717) is 13.0 Å². The van der Waals surface area contributed by atoms with Gasteiger partial charge >= 0.3 is 0 Å². The van der Waals surface area contributed by atoms with Crippen molar-refractivity contribution >= 4 is 5.91 Å². The lowest BCUT2D eigenvalue weighted by Gasteiger charge is -2.34. The third kappa shape index (κ3) is 3.35. The van der Waals surface area contributed by atoms with Crippen molar-refractivity contribution in [2.45, 2.75) is 44.1 Å². The Labute approximate surface area is 126 Å². The number of hydrogen-bond donors (Lipinski definition) is 2. The maximum Gasteiger partial charge on any atom is 0.223 e. The number of benzene rings is 1. The van der Waals surface area contributed by atoms with E-state index in [1.165, 1.54) is 11.1 Å². The highest BCUT2D eigenvalue weighted by atomic mass is 16.3. The van der Waals surface area contributed by atoms with Gasteiger partial charge in [-0.25, -0.2) is 0 Å². The summed E-state index contributed by atoms with van der Waals surface area (Å²) < 4.78 is 0. The summed E-state index contributed by atoms with van der Waals surface area (Å²) in [6.07, 6.45) is 9.18. The molecule has 0 fully saturated rings. The first-order valence-corrected chi connectivity index (χ1v) is 7.88. The molecule has 3 rings (SSSR count). The second-order valence-electron chi connectivity index (χ2n) is 6.37. The van der Waals surface area contributed by atoms with Crippen molar-refractivity contribution < 1.29 is 9.90 Å². The van der Waals surface area contributed by atoms with Crippen LogP contribution in [0.5, 0.6) is 0 Å². The summed E-state index contributed by atoms with van der Waals surface area (Å²) in [6.45, 7) is 0.361. The fourth-order valence-electron chi connectivity index (χ4n) is 3.36. The number of fused-ring (bicyclic) bond motifs is 1. The smallest absolute Gasteiger partial charge is 0.223 e. The lowest BCUT2D eigenvalue weighted by atomic mass is 9.80. The SMILES string of the molecule is O=C(NC[C@]1(O)CCc2ccccc2C1)[C@@H]1CC=CCC1. The molecule has 0 radical (unpaired) electrons. The zero-order valence-electron chi connectivity index (χ0n) is 12.3. The number of amides is 1. The number of hydrogen-bond acceptors (Lipinski definition) is 2. The number of allylic oxidation sites excluding steroid dienone is 2. The van der Waals surface area contributed by atoms with E-state index in [1.54, 1.807) is 0 Å². The number of rotatable bonds is 3. The molecule has 0 heterocycles. The topological polar surface area (TPSA) is 49.3 Å². The summed E-state index contributed by atoms with van der Waals surface area (Å²) in [5.41, 5.74) is 1.74. The van der Waals surface area contributed by atoms with E-state index >= 15 is 0 Å². The van der Waals surface area contributed by atoms with Crippen LogP contribution in [-0.2, 0) is 17.6 Å². The predicted molar refractivity (Wildman–Crippen MR) is 82.9 cm³/mol. The average Bonchev–Trinajstić information content (AvgIpc) is 2.53. The molecule has 2 aliphatic carbocycles. The van der Waals surface area contributed by atoms with Gasteiger partial charge in [0.1, 0.15) is 0 Å². The first kappa shape index (κ1) is 14.3. The molecule has 1 aromatic rings. The third-order valence-corrected chi connectivity index (χ3v) is 4.73.